The van der Waals surface area contributed by atoms with Crippen LogP contribution in [0.25, 0.3) is 0 Å². The molecule has 2 aliphatic heterocycles. The van der Waals surface area contributed by atoms with E-state index < -0.39 is 5.79 Å². The van der Waals surface area contributed by atoms with E-state index in [1.165, 1.54) is 0 Å². The average Bonchev–Trinajstić information content (AvgIpc) is 2.63. The lowest BCUT2D eigenvalue weighted by molar-refractivity contribution is -0.203. The van der Waals surface area contributed by atoms with E-state index in [9.17, 15) is 0 Å². The minimum Gasteiger partial charge on any atom is -0.373 e. The van der Waals surface area contributed by atoms with Crippen LogP contribution in [-0.2, 0) is 18.9 Å². The molecule has 0 N–H and O–H groups in total. The molecule has 88 valence electrons. The van der Waals surface area contributed by atoms with Gasteiger partial charge in [-0.15, -0.1) is 0 Å². The molecule has 0 amide bonds. The molecule has 0 bridgehead atoms. The van der Waals surface area contributed by atoms with Crippen molar-refractivity contribution in [2.24, 2.45) is 0 Å². The SMILES string of the molecule is CCCCOC1CO[C@@H]2OC(C)(C)OC12. The van der Waals surface area contributed by atoms with Gasteiger partial charge in [0, 0.05) is 6.61 Å². The summed E-state index contributed by atoms with van der Waals surface area (Å²) in [5.74, 6) is -0.540. The van der Waals surface area contributed by atoms with Crippen LogP contribution in [0.5, 0.6) is 0 Å². The Morgan fingerprint density at radius 2 is 2.13 bits per heavy atom. The highest BCUT2D eigenvalue weighted by Gasteiger charge is 2.50. The second-order valence-electron chi connectivity index (χ2n) is 4.56. The lowest BCUT2D eigenvalue weighted by Crippen LogP contribution is -2.32. The van der Waals surface area contributed by atoms with Crippen LogP contribution in [0.4, 0.5) is 0 Å². The summed E-state index contributed by atoms with van der Waals surface area (Å²) in [4.78, 5) is 0. The smallest absolute Gasteiger partial charge is 0.189 e. The van der Waals surface area contributed by atoms with Crippen molar-refractivity contribution in [2.75, 3.05) is 13.2 Å². The first kappa shape index (κ1) is 11.3. The fraction of sp³-hybridized carbons (Fsp3) is 1.00. The maximum absolute atomic E-state index is 5.74. The molecule has 0 aromatic carbocycles. The first-order valence-electron chi connectivity index (χ1n) is 5.71. The zero-order chi connectivity index (χ0) is 10.9. The highest BCUT2D eigenvalue weighted by Crippen LogP contribution is 2.35. The van der Waals surface area contributed by atoms with E-state index in [4.69, 9.17) is 18.9 Å². The van der Waals surface area contributed by atoms with Crippen LogP contribution >= 0.6 is 0 Å². The summed E-state index contributed by atoms with van der Waals surface area (Å²) < 4.78 is 22.5. The maximum atomic E-state index is 5.74. The number of unbranched alkanes of at least 4 members (excludes halogenated alkanes) is 1. The topological polar surface area (TPSA) is 36.9 Å². The summed E-state index contributed by atoms with van der Waals surface area (Å²) in [6.07, 6.45) is 1.95. The Hall–Kier alpha value is -0.160. The van der Waals surface area contributed by atoms with Crippen molar-refractivity contribution in [3.8, 4) is 0 Å². The van der Waals surface area contributed by atoms with Gasteiger partial charge >= 0.3 is 0 Å². The molecule has 2 unspecified atom stereocenters. The van der Waals surface area contributed by atoms with Gasteiger partial charge in [-0.25, -0.2) is 0 Å². The lowest BCUT2D eigenvalue weighted by Gasteiger charge is -2.21. The highest BCUT2D eigenvalue weighted by atomic mass is 16.8. The number of ether oxygens (including phenoxy) is 4. The molecule has 0 saturated carbocycles. The van der Waals surface area contributed by atoms with Crippen molar-refractivity contribution in [1.82, 2.24) is 0 Å². The van der Waals surface area contributed by atoms with Gasteiger partial charge in [0.15, 0.2) is 12.1 Å². The average molecular weight is 216 g/mol. The molecule has 0 radical (unpaired) electrons. The Bertz CT molecular complexity index is 217. The van der Waals surface area contributed by atoms with Crippen LogP contribution < -0.4 is 0 Å². The predicted molar refractivity (Wildman–Crippen MR) is 54.4 cm³/mol. The normalized spacial score (nSPS) is 38.2. The van der Waals surface area contributed by atoms with E-state index in [1.54, 1.807) is 0 Å². The largest absolute Gasteiger partial charge is 0.373 e. The minimum absolute atomic E-state index is 0.0309. The molecule has 2 fully saturated rings. The Kier molecular flexibility index (Phi) is 3.30. The second-order valence-corrected chi connectivity index (χ2v) is 4.56. The zero-order valence-corrected chi connectivity index (χ0v) is 9.69. The quantitative estimate of drug-likeness (QED) is 0.670. The Balaban J connectivity index is 1.83. The number of hydrogen-bond donors (Lipinski definition) is 0. The molecule has 15 heavy (non-hydrogen) atoms. The Morgan fingerprint density at radius 3 is 2.87 bits per heavy atom. The monoisotopic (exact) mass is 216 g/mol. The minimum atomic E-state index is -0.540. The molecule has 0 aromatic rings. The van der Waals surface area contributed by atoms with Gasteiger partial charge in [-0.3, -0.25) is 0 Å². The summed E-state index contributed by atoms with van der Waals surface area (Å²) in [5.41, 5.74) is 0. The molecular weight excluding hydrogens is 196 g/mol. The molecule has 2 heterocycles. The van der Waals surface area contributed by atoms with Crippen molar-refractivity contribution in [2.45, 2.75) is 57.9 Å². The molecule has 3 atom stereocenters. The first-order chi connectivity index (χ1) is 7.12. The van der Waals surface area contributed by atoms with Gasteiger partial charge in [0.05, 0.1) is 6.61 Å². The van der Waals surface area contributed by atoms with Gasteiger partial charge in [-0.2, -0.15) is 0 Å². The second kappa shape index (κ2) is 4.37. The third kappa shape index (κ3) is 2.50. The third-order valence-electron chi connectivity index (χ3n) is 2.71. The molecule has 0 aliphatic carbocycles. The number of hydrogen-bond acceptors (Lipinski definition) is 4. The van der Waals surface area contributed by atoms with E-state index in [0.717, 1.165) is 19.4 Å². The highest BCUT2D eigenvalue weighted by molar-refractivity contribution is 4.87. The molecule has 2 aliphatic rings. The van der Waals surface area contributed by atoms with Gasteiger partial charge in [0.2, 0.25) is 0 Å². The van der Waals surface area contributed by atoms with E-state index in [0.29, 0.717) is 6.61 Å². The molecular formula is C11H20O4. The summed E-state index contributed by atoms with van der Waals surface area (Å²) in [6, 6.07) is 0. The van der Waals surface area contributed by atoms with Crippen molar-refractivity contribution < 1.29 is 18.9 Å². The van der Waals surface area contributed by atoms with Crippen LogP contribution in [0.15, 0.2) is 0 Å². The molecule has 0 aromatic heterocycles. The third-order valence-corrected chi connectivity index (χ3v) is 2.71. The van der Waals surface area contributed by atoms with Crippen molar-refractivity contribution in [3.05, 3.63) is 0 Å². The summed E-state index contributed by atoms with van der Waals surface area (Å²) in [6.45, 7) is 7.30. The van der Waals surface area contributed by atoms with Gasteiger partial charge in [-0.1, -0.05) is 13.3 Å². The van der Waals surface area contributed by atoms with Gasteiger partial charge < -0.3 is 18.9 Å². The van der Waals surface area contributed by atoms with Gasteiger partial charge in [0.1, 0.15) is 12.2 Å². The molecule has 0 spiro atoms. The van der Waals surface area contributed by atoms with E-state index in [1.807, 2.05) is 13.8 Å². The van der Waals surface area contributed by atoms with Gasteiger partial charge in [0.25, 0.3) is 0 Å². The van der Waals surface area contributed by atoms with E-state index in [2.05, 4.69) is 6.92 Å². The number of fused-ring (bicyclic) bond motifs is 1. The Labute approximate surface area is 90.8 Å². The first-order valence-corrected chi connectivity index (χ1v) is 5.71. The predicted octanol–water partition coefficient (Wildman–Crippen LogP) is 1.68. The summed E-state index contributed by atoms with van der Waals surface area (Å²) in [5, 5.41) is 0. The zero-order valence-electron chi connectivity index (χ0n) is 9.69. The standard InChI is InChI=1S/C11H20O4/c1-4-5-6-12-8-7-13-10-9(8)14-11(2,3)15-10/h8-10H,4-7H2,1-3H3/t8?,9?,10-/m1/s1. The Morgan fingerprint density at radius 1 is 1.33 bits per heavy atom. The molecule has 4 heteroatoms. The van der Waals surface area contributed by atoms with E-state index >= 15 is 0 Å². The fourth-order valence-corrected chi connectivity index (χ4v) is 1.94. The van der Waals surface area contributed by atoms with Gasteiger partial charge in [-0.05, 0) is 20.3 Å². The fourth-order valence-electron chi connectivity index (χ4n) is 1.94. The van der Waals surface area contributed by atoms with Crippen molar-refractivity contribution in [1.29, 1.82) is 0 Å². The molecule has 2 saturated heterocycles. The molecule has 2 rings (SSSR count). The van der Waals surface area contributed by atoms with Crippen molar-refractivity contribution >= 4 is 0 Å². The van der Waals surface area contributed by atoms with Crippen LogP contribution in [0, 0.1) is 0 Å². The summed E-state index contributed by atoms with van der Waals surface area (Å²) >= 11 is 0. The van der Waals surface area contributed by atoms with Crippen LogP contribution in [0.2, 0.25) is 0 Å². The van der Waals surface area contributed by atoms with E-state index in [-0.39, 0.29) is 18.5 Å². The lowest BCUT2D eigenvalue weighted by atomic mass is 10.2. The van der Waals surface area contributed by atoms with Crippen molar-refractivity contribution in [3.63, 3.8) is 0 Å². The molecule has 4 nitrogen and oxygen atoms in total. The summed E-state index contributed by atoms with van der Waals surface area (Å²) in [7, 11) is 0. The van der Waals surface area contributed by atoms with Crippen LogP contribution in [-0.4, -0.2) is 37.5 Å². The van der Waals surface area contributed by atoms with Crippen LogP contribution in [0.3, 0.4) is 0 Å². The van der Waals surface area contributed by atoms with Crippen LogP contribution in [0.1, 0.15) is 33.6 Å². The number of rotatable bonds is 4. The maximum Gasteiger partial charge on any atom is 0.189 e.